The van der Waals surface area contributed by atoms with E-state index < -0.39 is 5.92 Å². The zero-order valence-corrected chi connectivity index (χ0v) is 13.8. The molecule has 8 heteroatoms. The molecule has 0 bridgehead atoms. The lowest BCUT2D eigenvalue weighted by atomic mass is 9.87. The second kappa shape index (κ2) is 5.95. The Morgan fingerprint density at radius 2 is 2.09 bits per heavy atom. The van der Waals surface area contributed by atoms with Crippen LogP contribution in [-0.2, 0) is 4.79 Å². The van der Waals surface area contributed by atoms with E-state index in [9.17, 15) is 9.59 Å². The molecule has 1 aromatic carbocycles. The molecule has 0 aliphatic carbocycles. The molecular formula is C14H11Cl2N3O2S. The molecular weight excluding hydrogens is 345 g/mol. The average molecular weight is 356 g/mol. The van der Waals surface area contributed by atoms with Crippen molar-refractivity contribution in [2.75, 3.05) is 11.6 Å². The summed E-state index contributed by atoms with van der Waals surface area (Å²) in [7, 11) is 0. The summed E-state index contributed by atoms with van der Waals surface area (Å²) in [6, 6.07) is 5.02. The summed E-state index contributed by atoms with van der Waals surface area (Å²) >= 11 is 13.4. The van der Waals surface area contributed by atoms with E-state index in [-0.39, 0.29) is 17.9 Å². The number of anilines is 1. The fraction of sp³-hybridized carbons (Fsp3) is 0.214. The molecule has 2 heterocycles. The number of aromatic nitrogens is 2. The van der Waals surface area contributed by atoms with Crippen molar-refractivity contribution in [3.05, 3.63) is 49.7 Å². The van der Waals surface area contributed by atoms with Crippen molar-refractivity contribution in [2.24, 2.45) is 0 Å². The van der Waals surface area contributed by atoms with Crippen molar-refractivity contribution in [2.45, 2.75) is 17.5 Å². The fourth-order valence-corrected chi connectivity index (χ4v) is 3.41. The summed E-state index contributed by atoms with van der Waals surface area (Å²) in [5.74, 6) is -0.352. The second-order valence-electron chi connectivity index (χ2n) is 4.81. The van der Waals surface area contributed by atoms with Gasteiger partial charge in [-0.3, -0.25) is 9.59 Å². The Hall–Kier alpha value is -1.50. The van der Waals surface area contributed by atoms with Gasteiger partial charge in [0, 0.05) is 22.4 Å². The van der Waals surface area contributed by atoms with Crippen molar-refractivity contribution < 1.29 is 4.79 Å². The van der Waals surface area contributed by atoms with E-state index in [1.807, 2.05) is 0 Å². The van der Waals surface area contributed by atoms with Crippen LogP contribution in [0.5, 0.6) is 0 Å². The minimum atomic E-state index is -0.444. The Morgan fingerprint density at radius 1 is 1.32 bits per heavy atom. The molecule has 1 aliphatic heterocycles. The number of hydrogen-bond donors (Lipinski definition) is 2. The Morgan fingerprint density at radius 3 is 2.77 bits per heavy atom. The van der Waals surface area contributed by atoms with E-state index >= 15 is 0 Å². The van der Waals surface area contributed by atoms with Crippen LogP contribution in [0.3, 0.4) is 0 Å². The summed E-state index contributed by atoms with van der Waals surface area (Å²) < 4.78 is 0. The average Bonchev–Trinajstić information content (AvgIpc) is 2.45. The molecule has 1 aromatic heterocycles. The van der Waals surface area contributed by atoms with Crippen molar-refractivity contribution in [1.82, 2.24) is 9.97 Å². The SMILES string of the molecule is CSc1nc2c(c(=O)[nH]1)[C@H](c1ccc(Cl)cc1Cl)CC(=O)N2. The van der Waals surface area contributed by atoms with Crippen LogP contribution in [0, 0.1) is 0 Å². The standard InChI is InChI=1S/C14H11Cl2N3O2S/c1-22-14-18-12-11(13(21)19-14)8(5-10(20)17-12)7-3-2-6(15)4-9(7)16/h2-4,8H,5H2,1H3,(H2,17,18,19,20,21)/t8-/m0/s1. The molecule has 114 valence electrons. The van der Waals surface area contributed by atoms with Gasteiger partial charge in [-0.15, -0.1) is 0 Å². The molecule has 5 nitrogen and oxygen atoms in total. The molecule has 1 aliphatic rings. The van der Waals surface area contributed by atoms with E-state index in [2.05, 4.69) is 15.3 Å². The maximum atomic E-state index is 12.4. The molecule has 0 spiro atoms. The minimum Gasteiger partial charge on any atom is -0.310 e. The minimum absolute atomic E-state index is 0.137. The first-order chi connectivity index (χ1) is 10.5. The van der Waals surface area contributed by atoms with Gasteiger partial charge in [0.25, 0.3) is 5.56 Å². The molecule has 2 N–H and O–H groups in total. The number of benzene rings is 1. The number of rotatable bonds is 2. The smallest absolute Gasteiger partial charge is 0.257 e. The quantitative estimate of drug-likeness (QED) is 0.640. The maximum Gasteiger partial charge on any atom is 0.257 e. The molecule has 0 saturated carbocycles. The number of aromatic amines is 1. The highest BCUT2D eigenvalue weighted by Crippen LogP contribution is 2.38. The largest absolute Gasteiger partial charge is 0.310 e. The summed E-state index contributed by atoms with van der Waals surface area (Å²) in [5, 5.41) is 4.03. The number of halogens is 2. The molecule has 3 rings (SSSR count). The summed E-state index contributed by atoms with van der Waals surface area (Å²) in [6.07, 6.45) is 1.93. The van der Waals surface area contributed by atoms with Crippen LogP contribution >= 0.6 is 35.0 Å². The molecule has 22 heavy (non-hydrogen) atoms. The number of carbonyl (C=O) groups is 1. The topological polar surface area (TPSA) is 74.8 Å². The number of fused-ring (bicyclic) bond motifs is 1. The third-order valence-electron chi connectivity index (χ3n) is 3.46. The monoisotopic (exact) mass is 355 g/mol. The van der Waals surface area contributed by atoms with Crippen LogP contribution in [0.1, 0.15) is 23.5 Å². The second-order valence-corrected chi connectivity index (χ2v) is 6.45. The number of nitrogens with one attached hydrogen (secondary N) is 2. The van der Waals surface area contributed by atoms with Crippen molar-refractivity contribution >= 4 is 46.7 Å². The highest BCUT2D eigenvalue weighted by atomic mass is 35.5. The zero-order valence-electron chi connectivity index (χ0n) is 11.4. The Labute approximate surface area is 140 Å². The molecule has 0 fully saturated rings. The predicted molar refractivity (Wildman–Crippen MR) is 88.2 cm³/mol. The van der Waals surface area contributed by atoms with Crippen LogP contribution in [0.4, 0.5) is 5.82 Å². The third kappa shape index (κ3) is 2.74. The van der Waals surface area contributed by atoms with Gasteiger partial charge in [-0.05, 0) is 24.0 Å². The zero-order chi connectivity index (χ0) is 15.9. The lowest BCUT2D eigenvalue weighted by Gasteiger charge is -2.25. The Balaban J connectivity index is 2.19. The fourth-order valence-electron chi connectivity index (χ4n) is 2.50. The van der Waals surface area contributed by atoms with Gasteiger partial charge in [0.15, 0.2) is 5.16 Å². The number of hydrogen-bond acceptors (Lipinski definition) is 4. The number of H-pyrrole nitrogens is 1. The normalized spacial score (nSPS) is 17.0. The number of nitrogens with zero attached hydrogens (tertiary/aromatic N) is 1. The summed E-state index contributed by atoms with van der Waals surface area (Å²) in [4.78, 5) is 31.3. The summed E-state index contributed by atoms with van der Waals surface area (Å²) in [6.45, 7) is 0. The number of thioether (sulfide) groups is 1. The maximum absolute atomic E-state index is 12.4. The van der Waals surface area contributed by atoms with Gasteiger partial charge in [0.05, 0.1) is 5.56 Å². The van der Waals surface area contributed by atoms with Gasteiger partial charge in [-0.1, -0.05) is 41.0 Å². The molecule has 2 aromatic rings. The molecule has 0 radical (unpaired) electrons. The van der Waals surface area contributed by atoms with Gasteiger partial charge < -0.3 is 10.3 Å². The van der Waals surface area contributed by atoms with Gasteiger partial charge in [-0.2, -0.15) is 0 Å². The third-order valence-corrected chi connectivity index (χ3v) is 4.60. The van der Waals surface area contributed by atoms with Crippen molar-refractivity contribution in [3.63, 3.8) is 0 Å². The van der Waals surface area contributed by atoms with Crippen molar-refractivity contribution in [3.8, 4) is 0 Å². The predicted octanol–water partition coefficient (Wildman–Crippen LogP) is 3.27. The van der Waals surface area contributed by atoms with E-state index in [0.717, 1.165) is 0 Å². The van der Waals surface area contributed by atoms with Crippen LogP contribution in [-0.4, -0.2) is 22.1 Å². The Kier molecular flexibility index (Phi) is 4.16. The van der Waals surface area contributed by atoms with Crippen molar-refractivity contribution in [1.29, 1.82) is 0 Å². The number of amides is 1. The van der Waals surface area contributed by atoms with E-state index in [1.54, 1.807) is 24.5 Å². The van der Waals surface area contributed by atoms with E-state index in [0.29, 0.717) is 32.1 Å². The van der Waals surface area contributed by atoms with Gasteiger partial charge in [-0.25, -0.2) is 4.98 Å². The lowest BCUT2D eigenvalue weighted by molar-refractivity contribution is -0.116. The highest BCUT2D eigenvalue weighted by molar-refractivity contribution is 7.98. The van der Waals surface area contributed by atoms with Crippen LogP contribution in [0.25, 0.3) is 0 Å². The van der Waals surface area contributed by atoms with Gasteiger partial charge in [0.1, 0.15) is 5.82 Å². The molecule has 1 amide bonds. The Bertz CT molecular complexity index is 822. The number of carbonyl (C=O) groups excluding carboxylic acids is 1. The van der Waals surface area contributed by atoms with E-state index in [4.69, 9.17) is 23.2 Å². The molecule has 0 unspecified atom stereocenters. The van der Waals surface area contributed by atoms with Gasteiger partial charge in [0.2, 0.25) is 5.91 Å². The lowest BCUT2D eigenvalue weighted by Crippen LogP contribution is -2.31. The first-order valence-corrected chi connectivity index (χ1v) is 8.40. The first kappa shape index (κ1) is 15.4. The van der Waals surface area contributed by atoms with Gasteiger partial charge >= 0.3 is 0 Å². The molecule has 0 saturated heterocycles. The van der Waals surface area contributed by atoms with E-state index in [1.165, 1.54) is 11.8 Å². The first-order valence-electron chi connectivity index (χ1n) is 6.42. The van der Waals surface area contributed by atoms with Crippen LogP contribution in [0.2, 0.25) is 10.0 Å². The van der Waals surface area contributed by atoms with Crippen LogP contribution in [0.15, 0.2) is 28.2 Å². The van der Waals surface area contributed by atoms with Crippen LogP contribution < -0.4 is 10.9 Å². The highest BCUT2D eigenvalue weighted by Gasteiger charge is 2.32. The summed E-state index contributed by atoms with van der Waals surface area (Å²) in [5.41, 5.74) is 0.832. The molecule has 1 atom stereocenters.